The highest BCUT2D eigenvalue weighted by molar-refractivity contribution is 4.98. The van der Waals surface area contributed by atoms with Crippen molar-refractivity contribution in [2.24, 2.45) is 5.73 Å². The van der Waals surface area contributed by atoms with E-state index in [1.54, 1.807) is 0 Å². The maximum atomic E-state index is 5.76. The SMILES string of the molecule is CC#CCC(N)C(C)OCC. The Kier molecular flexibility index (Phi) is 5.91. The minimum atomic E-state index is 0.0439. The molecule has 64 valence electrons. The third-order valence-electron chi connectivity index (χ3n) is 1.55. The molecule has 2 heteroatoms. The fourth-order valence-corrected chi connectivity index (χ4v) is 0.772. The van der Waals surface area contributed by atoms with Gasteiger partial charge in [-0.05, 0) is 20.8 Å². The number of ether oxygens (including phenoxy) is 1. The highest BCUT2D eigenvalue weighted by Crippen LogP contribution is 1.98. The Morgan fingerprint density at radius 1 is 1.55 bits per heavy atom. The third-order valence-corrected chi connectivity index (χ3v) is 1.55. The average molecular weight is 155 g/mol. The molecule has 0 saturated carbocycles. The fourth-order valence-electron chi connectivity index (χ4n) is 0.772. The predicted octanol–water partition coefficient (Wildman–Crippen LogP) is 1.15. The molecule has 0 rings (SSSR count). The minimum absolute atomic E-state index is 0.0439. The van der Waals surface area contributed by atoms with Crippen molar-refractivity contribution in [3.05, 3.63) is 0 Å². The monoisotopic (exact) mass is 155 g/mol. The van der Waals surface area contributed by atoms with Gasteiger partial charge in [0.05, 0.1) is 6.10 Å². The number of hydrogen-bond acceptors (Lipinski definition) is 2. The highest BCUT2D eigenvalue weighted by atomic mass is 16.5. The van der Waals surface area contributed by atoms with Gasteiger partial charge in [-0.25, -0.2) is 0 Å². The second-order valence-corrected chi connectivity index (χ2v) is 2.46. The highest BCUT2D eigenvalue weighted by Gasteiger charge is 2.10. The van der Waals surface area contributed by atoms with Crippen molar-refractivity contribution in [3.8, 4) is 11.8 Å². The summed E-state index contributed by atoms with van der Waals surface area (Å²) < 4.78 is 5.31. The van der Waals surface area contributed by atoms with Crippen molar-refractivity contribution in [2.75, 3.05) is 6.61 Å². The van der Waals surface area contributed by atoms with E-state index in [0.29, 0.717) is 6.61 Å². The van der Waals surface area contributed by atoms with Crippen LogP contribution in [0, 0.1) is 11.8 Å². The Morgan fingerprint density at radius 3 is 2.64 bits per heavy atom. The molecule has 0 aromatic carbocycles. The van der Waals surface area contributed by atoms with Gasteiger partial charge in [-0.3, -0.25) is 0 Å². The van der Waals surface area contributed by atoms with Crippen LogP contribution in [0.4, 0.5) is 0 Å². The quantitative estimate of drug-likeness (QED) is 0.618. The van der Waals surface area contributed by atoms with Gasteiger partial charge in [0.15, 0.2) is 0 Å². The molecule has 0 aliphatic carbocycles. The molecule has 2 nitrogen and oxygen atoms in total. The van der Waals surface area contributed by atoms with E-state index in [1.165, 1.54) is 0 Å². The van der Waals surface area contributed by atoms with Gasteiger partial charge >= 0.3 is 0 Å². The fraction of sp³-hybridized carbons (Fsp3) is 0.778. The van der Waals surface area contributed by atoms with E-state index in [4.69, 9.17) is 10.5 Å². The lowest BCUT2D eigenvalue weighted by Gasteiger charge is -2.17. The van der Waals surface area contributed by atoms with E-state index in [-0.39, 0.29) is 12.1 Å². The zero-order valence-corrected chi connectivity index (χ0v) is 7.55. The van der Waals surface area contributed by atoms with Crippen molar-refractivity contribution < 1.29 is 4.74 Å². The van der Waals surface area contributed by atoms with Crippen molar-refractivity contribution in [2.45, 2.75) is 39.3 Å². The molecular formula is C9H17NO. The van der Waals surface area contributed by atoms with Gasteiger partial charge in [-0.1, -0.05) is 0 Å². The molecule has 11 heavy (non-hydrogen) atoms. The Balaban J connectivity index is 3.59. The third kappa shape index (κ3) is 4.83. The molecule has 0 amide bonds. The van der Waals surface area contributed by atoms with Crippen LogP contribution in [0.25, 0.3) is 0 Å². The van der Waals surface area contributed by atoms with Gasteiger partial charge in [0, 0.05) is 19.1 Å². The Hall–Kier alpha value is -0.520. The predicted molar refractivity (Wildman–Crippen MR) is 47.1 cm³/mol. The van der Waals surface area contributed by atoms with Crippen LogP contribution >= 0.6 is 0 Å². The van der Waals surface area contributed by atoms with Gasteiger partial charge in [0.25, 0.3) is 0 Å². The molecule has 0 radical (unpaired) electrons. The van der Waals surface area contributed by atoms with Crippen LogP contribution in [0.1, 0.15) is 27.2 Å². The van der Waals surface area contributed by atoms with E-state index in [1.807, 2.05) is 20.8 Å². The lowest BCUT2D eigenvalue weighted by atomic mass is 10.1. The van der Waals surface area contributed by atoms with Crippen LogP contribution in [0.3, 0.4) is 0 Å². The summed E-state index contributed by atoms with van der Waals surface area (Å²) in [5.74, 6) is 5.74. The molecule has 0 spiro atoms. The van der Waals surface area contributed by atoms with E-state index in [2.05, 4.69) is 11.8 Å². The van der Waals surface area contributed by atoms with Gasteiger partial charge in [-0.2, -0.15) is 0 Å². The van der Waals surface area contributed by atoms with E-state index >= 15 is 0 Å². The molecular weight excluding hydrogens is 138 g/mol. The molecule has 2 N–H and O–H groups in total. The van der Waals surface area contributed by atoms with Crippen LogP contribution in [-0.4, -0.2) is 18.8 Å². The standard InChI is InChI=1S/C9H17NO/c1-4-6-7-9(10)8(3)11-5-2/h8-9H,5,7,10H2,1-3H3. The molecule has 0 aliphatic heterocycles. The summed E-state index contributed by atoms with van der Waals surface area (Å²) >= 11 is 0. The zero-order chi connectivity index (χ0) is 8.69. The summed E-state index contributed by atoms with van der Waals surface area (Å²) in [4.78, 5) is 0. The summed E-state index contributed by atoms with van der Waals surface area (Å²) in [6.45, 7) is 6.48. The summed E-state index contributed by atoms with van der Waals surface area (Å²) in [6, 6.07) is 0.0439. The molecule has 0 bridgehead atoms. The van der Waals surface area contributed by atoms with Crippen LogP contribution in [0.15, 0.2) is 0 Å². The van der Waals surface area contributed by atoms with E-state index < -0.39 is 0 Å². The number of hydrogen-bond donors (Lipinski definition) is 1. The first-order chi connectivity index (χ1) is 5.22. The smallest absolute Gasteiger partial charge is 0.0707 e. The molecule has 0 heterocycles. The van der Waals surface area contributed by atoms with E-state index in [9.17, 15) is 0 Å². The second-order valence-electron chi connectivity index (χ2n) is 2.46. The summed E-state index contributed by atoms with van der Waals surface area (Å²) in [6.07, 6.45) is 0.832. The lowest BCUT2D eigenvalue weighted by molar-refractivity contribution is 0.0588. The number of nitrogens with two attached hydrogens (primary N) is 1. The second kappa shape index (κ2) is 6.21. The Labute approximate surface area is 69.1 Å². The lowest BCUT2D eigenvalue weighted by Crippen LogP contribution is -2.34. The van der Waals surface area contributed by atoms with E-state index in [0.717, 1.165) is 6.42 Å². The molecule has 0 aromatic heterocycles. The minimum Gasteiger partial charge on any atom is -0.377 e. The molecule has 0 saturated heterocycles. The van der Waals surface area contributed by atoms with Crippen molar-refractivity contribution in [3.63, 3.8) is 0 Å². The van der Waals surface area contributed by atoms with Gasteiger partial charge in [0.1, 0.15) is 0 Å². The molecule has 2 unspecified atom stereocenters. The van der Waals surface area contributed by atoms with Gasteiger partial charge < -0.3 is 10.5 Å². The first-order valence-electron chi connectivity index (χ1n) is 3.99. The maximum Gasteiger partial charge on any atom is 0.0707 e. The Morgan fingerprint density at radius 2 is 2.18 bits per heavy atom. The van der Waals surface area contributed by atoms with Crippen LogP contribution in [-0.2, 0) is 4.74 Å². The van der Waals surface area contributed by atoms with Crippen LogP contribution < -0.4 is 5.73 Å². The summed E-state index contributed by atoms with van der Waals surface area (Å²) in [5, 5.41) is 0. The molecule has 0 aliphatic rings. The normalized spacial score (nSPS) is 14.9. The summed E-state index contributed by atoms with van der Waals surface area (Å²) in [7, 11) is 0. The van der Waals surface area contributed by atoms with Crippen LogP contribution in [0.5, 0.6) is 0 Å². The molecule has 0 fully saturated rings. The zero-order valence-electron chi connectivity index (χ0n) is 7.55. The van der Waals surface area contributed by atoms with Crippen LogP contribution in [0.2, 0.25) is 0 Å². The maximum absolute atomic E-state index is 5.76. The first kappa shape index (κ1) is 10.5. The number of rotatable bonds is 4. The molecule has 0 aromatic rings. The topological polar surface area (TPSA) is 35.2 Å². The summed E-state index contributed by atoms with van der Waals surface area (Å²) in [5.41, 5.74) is 5.76. The molecule has 2 atom stereocenters. The van der Waals surface area contributed by atoms with Gasteiger partial charge in [0.2, 0.25) is 0 Å². The Bertz CT molecular complexity index is 145. The largest absolute Gasteiger partial charge is 0.377 e. The van der Waals surface area contributed by atoms with Crippen molar-refractivity contribution in [1.82, 2.24) is 0 Å². The average Bonchev–Trinajstić information content (AvgIpc) is 2.00. The van der Waals surface area contributed by atoms with Crippen molar-refractivity contribution in [1.29, 1.82) is 0 Å². The first-order valence-corrected chi connectivity index (χ1v) is 3.99. The van der Waals surface area contributed by atoms with Gasteiger partial charge in [-0.15, -0.1) is 11.8 Å². The van der Waals surface area contributed by atoms with Crippen molar-refractivity contribution >= 4 is 0 Å².